The number of aromatic nitrogens is 1. The fourth-order valence-corrected chi connectivity index (χ4v) is 2.42. The van der Waals surface area contributed by atoms with Gasteiger partial charge in [0.15, 0.2) is 14.9 Å². The lowest BCUT2D eigenvalue weighted by atomic mass is 10.3. The van der Waals surface area contributed by atoms with Crippen molar-refractivity contribution in [2.45, 2.75) is 30.5 Å². The van der Waals surface area contributed by atoms with E-state index in [1.54, 1.807) is 26.8 Å². The van der Waals surface area contributed by atoms with Gasteiger partial charge in [0, 0.05) is 0 Å². The predicted octanol–water partition coefficient (Wildman–Crippen LogP) is 0.815. The highest BCUT2D eigenvalue weighted by Gasteiger charge is 2.31. The van der Waals surface area contributed by atoms with E-state index in [2.05, 4.69) is 21.5 Å². The zero-order valence-corrected chi connectivity index (χ0v) is 13.1. The number of rotatable bonds is 5. The van der Waals surface area contributed by atoms with Crippen molar-refractivity contribution >= 4 is 21.4 Å². The Labute approximate surface area is 125 Å². The van der Waals surface area contributed by atoms with E-state index in [0.29, 0.717) is 5.69 Å². The molecule has 0 radical (unpaired) electrons. The summed E-state index contributed by atoms with van der Waals surface area (Å²) in [7, 11) is -3.48. The number of hydrogen-bond acceptors (Lipinski definition) is 5. The summed E-state index contributed by atoms with van der Waals surface area (Å²) in [6.07, 6.45) is 6.41. The Hall–Kier alpha value is -2.07. The van der Waals surface area contributed by atoms with Crippen LogP contribution in [0, 0.1) is 12.3 Å². The zero-order valence-electron chi connectivity index (χ0n) is 12.3. The molecule has 0 unspecified atom stereocenters. The number of hydrogen-bond donors (Lipinski definition) is 2. The molecular formula is C14H19N3O3S. The molecule has 0 spiro atoms. The molecule has 0 aromatic carbocycles. The van der Waals surface area contributed by atoms with Crippen LogP contribution in [0.15, 0.2) is 23.4 Å². The molecule has 114 valence electrons. The molecule has 1 aromatic heterocycles. The molecule has 0 aliphatic rings. The highest BCUT2D eigenvalue weighted by molar-refractivity contribution is 7.92. The Kier molecular flexibility index (Phi) is 5.33. The van der Waals surface area contributed by atoms with Crippen molar-refractivity contribution in [1.82, 2.24) is 10.3 Å². The Bertz CT molecular complexity index is 638. The maximum atomic E-state index is 12.2. The van der Waals surface area contributed by atoms with Gasteiger partial charge in [0.2, 0.25) is 5.91 Å². The van der Waals surface area contributed by atoms with Gasteiger partial charge in [0.25, 0.3) is 0 Å². The van der Waals surface area contributed by atoms with Crippen molar-refractivity contribution in [3.05, 3.63) is 18.3 Å². The van der Waals surface area contributed by atoms with Gasteiger partial charge in [-0.25, -0.2) is 13.4 Å². The molecule has 0 saturated carbocycles. The summed E-state index contributed by atoms with van der Waals surface area (Å²) in [5, 5.41) is 5.35. The van der Waals surface area contributed by atoms with Crippen LogP contribution in [-0.2, 0) is 14.6 Å². The first-order chi connectivity index (χ1) is 9.68. The van der Waals surface area contributed by atoms with Gasteiger partial charge in [-0.1, -0.05) is 5.92 Å². The van der Waals surface area contributed by atoms with Crippen LogP contribution < -0.4 is 10.6 Å². The standard InChI is InChI=1S/C14H19N3O3S/c1-5-8-15-12(18)10-16-11-6-7-13(17-9-11)21(19,20)14(2,3)4/h1,6-7,9,16H,8,10H2,2-4H3,(H,15,18). The van der Waals surface area contributed by atoms with E-state index in [1.807, 2.05) is 0 Å². The number of amides is 1. The second-order valence-corrected chi connectivity index (χ2v) is 7.99. The minimum atomic E-state index is -3.48. The minimum Gasteiger partial charge on any atom is -0.375 e. The fraction of sp³-hybridized carbons (Fsp3) is 0.429. The smallest absolute Gasteiger partial charge is 0.240 e. The van der Waals surface area contributed by atoms with Crippen LogP contribution in [0.2, 0.25) is 0 Å². The lowest BCUT2D eigenvalue weighted by Crippen LogP contribution is -2.30. The molecule has 6 nitrogen and oxygen atoms in total. The van der Waals surface area contributed by atoms with Crippen molar-refractivity contribution in [1.29, 1.82) is 0 Å². The van der Waals surface area contributed by atoms with Crippen LogP contribution in [0.1, 0.15) is 20.8 Å². The van der Waals surface area contributed by atoms with Gasteiger partial charge in [0.05, 0.1) is 29.7 Å². The van der Waals surface area contributed by atoms with Gasteiger partial charge in [-0.15, -0.1) is 6.42 Å². The minimum absolute atomic E-state index is 0.0114. The molecule has 21 heavy (non-hydrogen) atoms. The zero-order chi connectivity index (χ0) is 16.1. The second kappa shape index (κ2) is 6.59. The van der Waals surface area contributed by atoms with E-state index >= 15 is 0 Å². The molecule has 0 aliphatic heterocycles. The van der Waals surface area contributed by atoms with Gasteiger partial charge < -0.3 is 10.6 Å². The first-order valence-corrected chi connectivity index (χ1v) is 7.81. The largest absolute Gasteiger partial charge is 0.375 e. The second-order valence-electron chi connectivity index (χ2n) is 5.34. The number of anilines is 1. The first-order valence-electron chi connectivity index (χ1n) is 6.33. The van der Waals surface area contributed by atoms with E-state index in [0.717, 1.165) is 0 Å². The summed E-state index contributed by atoms with van der Waals surface area (Å²) in [5.41, 5.74) is 0.554. The number of terminal acetylenes is 1. The predicted molar refractivity (Wildman–Crippen MR) is 81.5 cm³/mol. The third-order valence-electron chi connectivity index (χ3n) is 2.66. The summed E-state index contributed by atoms with van der Waals surface area (Å²) in [4.78, 5) is 15.3. The number of sulfone groups is 1. The van der Waals surface area contributed by atoms with Gasteiger partial charge >= 0.3 is 0 Å². The van der Waals surface area contributed by atoms with E-state index < -0.39 is 14.6 Å². The van der Waals surface area contributed by atoms with Gasteiger partial charge in [-0.05, 0) is 32.9 Å². The third-order valence-corrected chi connectivity index (χ3v) is 5.06. The van der Waals surface area contributed by atoms with Crippen molar-refractivity contribution in [3.8, 4) is 12.3 Å². The van der Waals surface area contributed by atoms with Crippen LogP contribution in [0.3, 0.4) is 0 Å². The number of nitrogens with zero attached hydrogens (tertiary/aromatic N) is 1. The maximum Gasteiger partial charge on any atom is 0.240 e. The molecule has 0 atom stereocenters. The fourth-order valence-electron chi connectivity index (χ4n) is 1.35. The summed E-state index contributed by atoms with van der Waals surface area (Å²) in [5.74, 6) is 2.05. The highest BCUT2D eigenvalue weighted by Crippen LogP contribution is 2.23. The van der Waals surface area contributed by atoms with Crippen LogP contribution in [0.4, 0.5) is 5.69 Å². The molecule has 0 bridgehead atoms. The molecule has 1 aromatic rings. The molecule has 1 heterocycles. The lowest BCUT2D eigenvalue weighted by molar-refractivity contribution is -0.119. The number of pyridine rings is 1. The SMILES string of the molecule is C#CCNC(=O)CNc1ccc(S(=O)(=O)C(C)(C)C)nc1. The van der Waals surface area contributed by atoms with Gasteiger partial charge in [-0.2, -0.15) is 0 Å². The number of carbonyl (C=O) groups excluding carboxylic acids is 1. The summed E-state index contributed by atoms with van der Waals surface area (Å²) >= 11 is 0. The Balaban J connectivity index is 2.72. The highest BCUT2D eigenvalue weighted by atomic mass is 32.2. The lowest BCUT2D eigenvalue weighted by Gasteiger charge is -2.18. The van der Waals surface area contributed by atoms with E-state index in [1.165, 1.54) is 12.3 Å². The van der Waals surface area contributed by atoms with Crippen molar-refractivity contribution < 1.29 is 13.2 Å². The van der Waals surface area contributed by atoms with E-state index in [-0.39, 0.29) is 24.0 Å². The summed E-state index contributed by atoms with van der Waals surface area (Å²) in [6, 6.07) is 2.99. The summed E-state index contributed by atoms with van der Waals surface area (Å²) in [6.45, 7) is 5.06. The molecule has 0 fully saturated rings. The molecule has 7 heteroatoms. The van der Waals surface area contributed by atoms with Crippen molar-refractivity contribution in [2.75, 3.05) is 18.4 Å². The maximum absolute atomic E-state index is 12.2. The van der Waals surface area contributed by atoms with Crippen molar-refractivity contribution in [2.24, 2.45) is 0 Å². The normalized spacial score (nSPS) is 11.5. The average Bonchev–Trinajstić information content (AvgIpc) is 2.42. The summed E-state index contributed by atoms with van der Waals surface area (Å²) < 4.78 is 23.5. The van der Waals surface area contributed by atoms with E-state index in [9.17, 15) is 13.2 Å². The van der Waals surface area contributed by atoms with Crippen LogP contribution in [0.25, 0.3) is 0 Å². The van der Waals surface area contributed by atoms with Crippen LogP contribution >= 0.6 is 0 Å². The molecule has 0 aliphatic carbocycles. The molecular weight excluding hydrogens is 290 g/mol. The van der Waals surface area contributed by atoms with Gasteiger partial charge in [0.1, 0.15) is 0 Å². The molecule has 2 N–H and O–H groups in total. The van der Waals surface area contributed by atoms with Crippen LogP contribution in [-0.4, -0.2) is 37.1 Å². The first kappa shape index (κ1) is 17.0. The van der Waals surface area contributed by atoms with Gasteiger partial charge in [-0.3, -0.25) is 4.79 Å². The third kappa shape index (κ3) is 4.46. The van der Waals surface area contributed by atoms with Crippen LogP contribution in [0.5, 0.6) is 0 Å². The monoisotopic (exact) mass is 309 g/mol. The number of carbonyl (C=O) groups is 1. The number of nitrogens with one attached hydrogen (secondary N) is 2. The molecule has 0 saturated heterocycles. The quantitative estimate of drug-likeness (QED) is 0.786. The Morgan fingerprint density at radius 3 is 2.52 bits per heavy atom. The molecule has 1 amide bonds. The average molecular weight is 309 g/mol. The Morgan fingerprint density at radius 2 is 2.05 bits per heavy atom. The molecule has 1 rings (SSSR count). The topological polar surface area (TPSA) is 88.2 Å². The Morgan fingerprint density at radius 1 is 1.38 bits per heavy atom. The van der Waals surface area contributed by atoms with Crippen molar-refractivity contribution in [3.63, 3.8) is 0 Å². The van der Waals surface area contributed by atoms with E-state index in [4.69, 9.17) is 6.42 Å².